The van der Waals surface area contributed by atoms with Crippen molar-refractivity contribution in [2.75, 3.05) is 26.2 Å². The molecule has 1 aliphatic rings. The first-order valence-corrected chi connectivity index (χ1v) is 4.56. The van der Waals surface area contributed by atoms with Crippen LogP contribution in [0.2, 0.25) is 0 Å². The number of nitrogens with zero attached hydrogens (tertiary/aromatic N) is 1. The van der Waals surface area contributed by atoms with Gasteiger partial charge in [-0.25, -0.2) is 0 Å². The summed E-state index contributed by atoms with van der Waals surface area (Å²) < 4.78 is 0. The molecule has 4 nitrogen and oxygen atoms in total. The van der Waals surface area contributed by atoms with Crippen LogP contribution in [0, 0.1) is 0 Å². The first-order valence-electron chi connectivity index (χ1n) is 4.56. The lowest BCUT2D eigenvalue weighted by atomic mass is 10.1. The van der Waals surface area contributed by atoms with Crippen LogP contribution in [0.4, 0.5) is 0 Å². The average Bonchev–Trinajstić information content (AvgIpc) is 2.10. The third-order valence-corrected chi connectivity index (χ3v) is 2.22. The monoisotopic (exact) mass is 174 g/mol. The molecule has 72 valence electrons. The van der Waals surface area contributed by atoms with Crippen molar-refractivity contribution in [3.8, 4) is 0 Å². The van der Waals surface area contributed by atoms with Gasteiger partial charge in [-0.2, -0.15) is 5.06 Å². The van der Waals surface area contributed by atoms with Crippen molar-refractivity contribution >= 4 is 0 Å². The standard InChI is InChI=1S/C8H18N2O2/c1-3-8(11)7-9-5-6-10(8)12-4-2/h9,11H,3-7H2,1-2H3. The molecule has 0 aromatic heterocycles. The van der Waals surface area contributed by atoms with E-state index < -0.39 is 5.72 Å². The molecule has 1 fully saturated rings. The van der Waals surface area contributed by atoms with Gasteiger partial charge in [0.15, 0.2) is 5.72 Å². The number of nitrogens with one attached hydrogen (secondary N) is 1. The maximum Gasteiger partial charge on any atom is 0.152 e. The molecule has 4 heteroatoms. The van der Waals surface area contributed by atoms with E-state index in [2.05, 4.69) is 5.32 Å². The Kier molecular flexibility index (Phi) is 3.46. The highest BCUT2D eigenvalue weighted by Gasteiger charge is 2.35. The van der Waals surface area contributed by atoms with Crippen molar-refractivity contribution in [3.63, 3.8) is 0 Å². The molecule has 0 aromatic carbocycles. The van der Waals surface area contributed by atoms with Crippen LogP contribution in [-0.2, 0) is 4.84 Å². The molecule has 2 N–H and O–H groups in total. The van der Waals surface area contributed by atoms with Crippen LogP contribution < -0.4 is 5.32 Å². The lowest BCUT2D eigenvalue weighted by Gasteiger charge is -2.41. The van der Waals surface area contributed by atoms with Crippen LogP contribution in [0.15, 0.2) is 0 Å². The van der Waals surface area contributed by atoms with Crippen molar-refractivity contribution in [1.29, 1.82) is 0 Å². The van der Waals surface area contributed by atoms with E-state index in [1.807, 2.05) is 13.8 Å². The van der Waals surface area contributed by atoms with Crippen LogP contribution >= 0.6 is 0 Å². The maximum atomic E-state index is 10.0. The van der Waals surface area contributed by atoms with Gasteiger partial charge in [-0.3, -0.25) is 4.84 Å². The zero-order valence-corrected chi connectivity index (χ0v) is 7.84. The Morgan fingerprint density at radius 3 is 2.92 bits per heavy atom. The first-order chi connectivity index (χ1) is 5.73. The number of hydroxylamine groups is 2. The Labute approximate surface area is 73.5 Å². The predicted molar refractivity (Wildman–Crippen MR) is 46.4 cm³/mol. The molecule has 1 unspecified atom stereocenters. The van der Waals surface area contributed by atoms with E-state index in [-0.39, 0.29) is 0 Å². The Morgan fingerprint density at radius 1 is 1.58 bits per heavy atom. The molecule has 1 saturated heterocycles. The maximum absolute atomic E-state index is 10.0. The minimum atomic E-state index is -0.811. The van der Waals surface area contributed by atoms with Crippen molar-refractivity contribution in [3.05, 3.63) is 0 Å². The second-order valence-electron chi connectivity index (χ2n) is 3.03. The summed E-state index contributed by atoms with van der Waals surface area (Å²) in [5.41, 5.74) is -0.811. The van der Waals surface area contributed by atoms with Gasteiger partial charge in [-0.15, -0.1) is 0 Å². The lowest BCUT2D eigenvalue weighted by molar-refractivity contribution is -0.299. The minimum Gasteiger partial charge on any atom is -0.372 e. The van der Waals surface area contributed by atoms with E-state index in [0.29, 0.717) is 19.6 Å². The van der Waals surface area contributed by atoms with E-state index in [4.69, 9.17) is 4.84 Å². The van der Waals surface area contributed by atoms with Crippen LogP contribution in [0.5, 0.6) is 0 Å². The van der Waals surface area contributed by atoms with E-state index >= 15 is 0 Å². The third-order valence-electron chi connectivity index (χ3n) is 2.22. The molecule has 1 heterocycles. The van der Waals surface area contributed by atoms with Crippen LogP contribution in [0.25, 0.3) is 0 Å². The van der Waals surface area contributed by atoms with E-state index in [0.717, 1.165) is 13.1 Å². The second kappa shape index (κ2) is 4.18. The molecule has 0 bridgehead atoms. The minimum absolute atomic E-state index is 0.587. The summed E-state index contributed by atoms with van der Waals surface area (Å²) >= 11 is 0. The number of aliphatic hydroxyl groups is 1. The van der Waals surface area contributed by atoms with Gasteiger partial charge in [-0.05, 0) is 13.3 Å². The van der Waals surface area contributed by atoms with Gasteiger partial charge in [0.2, 0.25) is 0 Å². The molecule has 1 rings (SSSR count). The van der Waals surface area contributed by atoms with Crippen molar-refractivity contribution in [1.82, 2.24) is 10.4 Å². The van der Waals surface area contributed by atoms with Crippen molar-refractivity contribution < 1.29 is 9.94 Å². The summed E-state index contributed by atoms with van der Waals surface area (Å²) in [5.74, 6) is 0. The molecule has 0 saturated carbocycles. The fraction of sp³-hybridized carbons (Fsp3) is 1.00. The molecular weight excluding hydrogens is 156 g/mol. The van der Waals surface area contributed by atoms with Gasteiger partial charge in [0.05, 0.1) is 6.61 Å². The summed E-state index contributed by atoms with van der Waals surface area (Å²) in [7, 11) is 0. The SMILES string of the molecule is CCON1CCNCC1(O)CC. The molecule has 0 amide bonds. The average molecular weight is 174 g/mol. The van der Waals surface area contributed by atoms with Gasteiger partial charge in [-0.1, -0.05) is 6.92 Å². The molecule has 0 aromatic rings. The summed E-state index contributed by atoms with van der Waals surface area (Å²) in [6, 6.07) is 0. The smallest absolute Gasteiger partial charge is 0.152 e. The molecule has 0 aliphatic carbocycles. The highest BCUT2D eigenvalue weighted by molar-refractivity contribution is 4.80. The number of β-amino-alcohol motifs (C(OH)–C–C–N with tert-alkyl or cyclic N) is 1. The molecule has 1 atom stereocenters. The summed E-state index contributed by atoms with van der Waals surface area (Å²) in [4.78, 5) is 5.33. The number of rotatable bonds is 3. The number of hydrogen-bond donors (Lipinski definition) is 2. The summed E-state index contributed by atoms with van der Waals surface area (Å²) in [6.45, 7) is 6.71. The Hall–Kier alpha value is -0.160. The molecule has 12 heavy (non-hydrogen) atoms. The Bertz CT molecular complexity index is 141. The first kappa shape index (κ1) is 9.92. The molecule has 0 radical (unpaired) electrons. The van der Waals surface area contributed by atoms with Crippen LogP contribution in [-0.4, -0.2) is 42.1 Å². The van der Waals surface area contributed by atoms with Gasteiger partial charge >= 0.3 is 0 Å². The van der Waals surface area contributed by atoms with E-state index in [1.165, 1.54) is 0 Å². The Balaban J connectivity index is 2.53. The second-order valence-corrected chi connectivity index (χ2v) is 3.03. The predicted octanol–water partition coefficient (Wildman–Crippen LogP) is -0.0583. The van der Waals surface area contributed by atoms with Gasteiger partial charge < -0.3 is 10.4 Å². The normalized spacial score (nSPS) is 32.2. The lowest BCUT2D eigenvalue weighted by Crippen LogP contribution is -2.60. The van der Waals surface area contributed by atoms with Gasteiger partial charge in [0.25, 0.3) is 0 Å². The zero-order chi connectivity index (χ0) is 9.03. The molecular formula is C8H18N2O2. The summed E-state index contributed by atoms with van der Waals surface area (Å²) in [6.07, 6.45) is 0.681. The Morgan fingerprint density at radius 2 is 2.33 bits per heavy atom. The fourth-order valence-electron chi connectivity index (χ4n) is 1.41. The van der Waals surface area contributed by atoms with Crippen LogP contribution in [0.3, 0.4) is 0 Å². The van der Waals surface area contributed by atoms with Crippen molar-refractivity contribution in [2.45, 2.75) is 26.0 Å². The summed E-state index contributed by atoms with van der Waals surface area (Å²) in [5, 5.41) is 14.8. The number of piperazine rings is 1. The van der Waals surface area contributed by atoms with Crippen molar-refractivity contribution in [2.24, 2.45) is 0 Å². The third kappa shape index (κ3) is 1.95. The topological polar surface area (TPSA) is 44.7 Å². The van der Waals surface area contributed by atoms with E-state index in [1.54, 1.807) is 5.06 Å². The van der Waals surface area contributed by atoms with Crippen LogP contribution in [0.1, 0.15) is 20.3 Å². The highest BCUT2D eigenvalue weighted by atomic mass is 16.7. The highest BCUT2D eigenvalue weighted by Crippen LogP contribution is 2.18. The zero-order valence-electron chi connectivity index (χ0n) is 7.84. The van der Waals surface area contributed by atoms with E-state index in [9.17, 15) is 5.11 Å². The number of hydrogen-bond acceptors (Lipinski definition) is 4. The quantitative estimate of drug-likeness (QED) is 0.629. The van der Waals surface area contributed by atoms with Gasteiger partial charge in [0, 0.05) is 19.6 Å². The largest absolute Gasteiger partial charge is 0.372 e. The fourth-order valence-corrected chi connectivity index (χ4v) is 1.41. The van der Waals surface area contributed by atoms with Gasteiger partial charge in [0.1, 0.15) is 0 Å². The molecule has 0 spiro atoms. The molecule has 1 aliphatic heterocycles.